The largest absolute Gasteiger partial charge is 0.310 e. The minimum Gasteiger partial charge on any atom is -0.310 e. The Hall–Kier alpha value is -1.15. The van der Waals surface area contributed by atoms with E-state index < -0.39 is 0 Å². The summed E-state index contributed by atoms with van der Waals surface area (Å²) in [6, 6.07) is 8.11. The van der Waals surface area contributed by atoms with Crippen molar-refractivity contribution in [2.24, 2.45) is 0 Å². The first kappa shape index (κ1) is 10.9. The highest BCUT2D eigenvalue weighted by molar-refractivity contribution is 5.81. The third-order valence-corrected chi connectivity index (χ3v) is 2.52. The molecule has 0 bridgehead atoms. The van der Waals surface area contributed by atoms with E-state index in [0.717, 1.165) is 6.42 Å². The van der Waals surface area contributed by atoms with E-state index in [1.165, 1.54) is 11.1 Å². The molecule has 14 heavy (non-hydrogen) atoms. The van der Waals surface area contributed by atoms with Gasteiger partial charge in [-0.3, -0.25) is 4.79 Å². The second-order valence-electron chi connectivity index (χ2n) is 3.58. The Kier molecular flexibility index (Phi) is 3.84. The van der Waals surface area contributed by atoms with Crippen LogP contribution >= 0.6 is 0 Å². The predicted octanol–water partition coefficient (Wildman–Crippen LogP) is 1.71. The summed E-state index contributed by atoms with van der Waals surface area (Å²) in [6.07, 6.45) is 0.776. The van der Waals surface area contributed by atoms with Gasteiger partial charge in [-0.25, -0.2) is 0 Å². The van der Waals surface area contributed by atoms with Gasteiger partial charge in [0.05, 0.1) is 6.04 Å². The molecule has 0 spiro atoms. The monoisotopic (exact) mass is 191 g/mol. The van der Waals surface area contributed by atoms with Crippen molar-refractivity contribution < 1.29 is 4.79 Å². The topological polar surface area (TPSA) is 29.1 Å². The fraction of sp³-hybridized carbons (Fsp3) is 0.417. The second kappa shape index (κ2) is 4.91. The summed E-state index contributed by atoms with van der Waals surface area (Å²) in [5, 5.41) is 3.03. The van der Waals surface area contributed by atoms with Gasteiger partial charge in [-0.15, -0.1) is 0 Å². The Morgan fingerprint density at radius 3 is 2.57 bits per heavy atom. The van der Waals surface area contributed by atoms with Crippen LogP contribution in [0.1, 0.15) is 18.1 Å². The zero-order valence-electron chi connectivity index (χ0n) is 9.00. The van der Waals surface area contributed by atoms with Gasteiger partial charge in [0, 0.05) is 0 Å². The molecule has 0 fully saturated rings. The number of ketones is 1. The number of rotatable bonds is 4. The molecule has 76 valence electrons. The smallest absolute Gasteiger partial charge is 0.147 e. The average Bonchev–Trinajstić information content (AvgIpc) is 2.16. The Morgan fingerprint density at radius 2 is 2.07 bits per heavy atom. The molecular formula is C12H17NO. The van der Waals surface area contributed by atoms with Gasteiger partial charge in [0.1, 0.15) is 5.78 Å². The highest BCUT2D eigenvalue weighted by Gasteiger charge is 2.12. The summed E-state index contributed by atoms with van der Waals surface area (Å²) >= 11 is 0. The number of Topliss-reactive ketones (excluding diaryl/α,β-unsaturated/α-hetero) is 1. The Labute approximate surface area is 85.3 Å². The summed E-state index contributed by atoms with van der Waals surface area (Å²) in [5.74, 6) is 0.191. The van der Waals surface area contributed by atoms with Crippen molar-refractivity contribution in [3.8, 4) is 0 Å². The predicted molar refractivity (Wildman–Crippen MR) is 58.4 cm³/mol. The molecule has 0 saturated carbocycles. The standard InChI is InChI=1S/C12H17NO/c1-9-6-4-5-7-11(9)8-12(13-3)10(2)14/h4-7,12-13H,8H2,1-3H3. The van der Waals surface area contributed by atoms with Crippen LogP contribution in [0.3, 0.4) is 0 Å². The second-order valence-corrected chi connectivity index (χ2v) is 3.58. The Balaban J connectivity index is 2.77. The van der Waals surface area contributed by atoms with Crippen LogP contribution in [0.2, 0.25) is 0 Å². The van der Waals surface area contributed by atoms with Crippen LogP contribution in [-0.2, 0) is 11.2 Å². The van der Waals surface area contributed by atoms with Gasteiger partial charge >= 0.3 is 0 Å². The molecule has 0 saturated heterocycles. The molecule has 2 nitrogen and oxygen atoms in total. The minimum atomic E-state index is -0.0592. The van der Waals surface area contributed by atoms with Gasteiger partial charge in [0.25, 0.3) is 0 Å². The van der Waals surface area contributed by atoms with Crippen LogP contribution in [0.15, 0.2) is 24.3 Å². The van der Waals surface area contributed by atoms with Crippen molar-refractivity contribution in [1.29, 1.82) is 0 Å². The van der Waals surface area contributed by atoms with Crippen LogP contribution in [0.5, 0.6) is 0 Å². The van der Waals surface area contributed by atoms with Gasteiger partial charge in [-0.05, 0) is 38.4 Å². The van der Waals surface area contributed by atoms with Gasteiger partial charge in [0.2, 0.25) is 0 Å². The molecule has 1 aromatic rings. The number of benzene rings is 1. The molecule has 1 unspecified atom stereocenters. The lowest BCUT2D eigenvalue weighted by molar-refractivity contribution is -0.118. The first-order valence-corrected chi connectivity index (χ1v) is 4.87. The van der Waals surface area contributed by atoms with Crippen molar-refractivity contribution in [2.75, 3.05) is 7.05 Å². The van der Waals surface area contributed by atoms with Crippen molar-refractivity contribution in [2.45, 2.75) is 26.3 Å². The van der Waals surface area contributed by atoms with Crippen molar-refractivity contribution in [3.05, 3.63) is 35.4 Å². The number of nitrogens with one attached hydrogen (secondary N) is 1. The maximum Gasteiger partial charge on any atom is 0.147 e. The SMILES string of the molecule is CNC(Cc1ccccc1C)C(C)=O. The average molecular weight is 191 g/mol. The van der Waals surface area contributed by atoms with Crippen LogP contribution in [0.4, 0.5) is 0 Å². The number of hydrogen-bond acceptors (Lipinski definition) is 2. The molecule has 0 aliphatic rings. The van der Waals surface area contributed by atoms with Crippen LogP contribution in [0.25, 0.3) is 0 Å². The van der Waals surface area contributed by atoms with E-state index in [4.69, 9.17) is 0 Å². The van der Waals surface area contributed by atoms with E-state index in [1.54, 1.807) is 6.92 Å². The lowest BCUT2D eigenvalue weighted by Gasteiger charge is -2.13. The molecule has 2 heteroatoms. The van der Waals surface area contributed by atoms with E-state index in [9.17, 15) is 4.79 Å². The van der Waals surface area contributed by atoms with E-state index in [1.807, 2.05) is 19.2 Å². The lowest BCUT2D eigenvalue weighted by Crippen LogP contribution is -2.34. The number of likely N-dealkylation sites (N-methyl/N-ethyl adjacent to an activating group) is 1. The molecule has 0 amide bonds. The van der Waals surface area contributed by atoms with Crippen molar-refractivity contribution in [3.63, 3.8) is 0 Å². The van der Waals surface area contributed by atoms with Crippen LogP contribution in [-0.4, -0.2) is 18.9 Å². The molecule has 1 aromatic carbocycles. The summed E-state index contributed by atoms with van der Waals surface area (Å²) in [7, 11) is 1.82. The summed E-state index contributed by atoms with van der Waals surface area (Å²) in [4.78, 5) is 11.2. The molecule has 1 atom stereocenters. The van der Waals surface area contributed by atoms with E-state index >= 15 is 0 Å². The number of hydrogen-bond donors (Lipinski definition) is 1. The summed E-state index contributed by atoms with van der Waals surface area (Å²) in [6.45, 7) is 3.70. The fourth-order valence-electron chi connectivity index (χ4n) is 1.51. The van der Waals surface area contributed by atoms with Gasteiger partial charge < -0.3 is 5.32 Å². The highest BCUT2D eigenvalue weighted by atomic mass is 16.1. The fourth-order valence-corrected chi connectivity index (χ4v) is 1.51. The molecule has 0 aliphatic heterocycles. The zero-order valence-corrected chi connectivity index (χ0v) is 9.00. The Morgan fingerprint density at radius 1 is 1.43 bits per heavy atom. The number of aryl methyl sites for hydroxylation is 1. The van der Waals surface area contributed by atoms with Crippen LogP contribution < -0.4 is 5.32 Å². The maximum atomic E-state index is 11.2. The highest BCUT2D eigenvalue weighted by Crippen LogP contribution is 2.09. The first-order valence-electron chi connectivity index (χ1n) is 4.87. The number of carbonyl (C=O) groups is 1. The molecular weight excluding hydrogens is 174 g/mol. The molecule has 0 radical (unpaired) electrons. The third kappa shape index (κ3) is 2.67. The normalized spacial score (nSPS) is 12.5. The molecule has 0 aliphatic carbocycles. The lowest BCUT2D eigenvalue weighted by atomic mass is 9.99. The van der Waals surface area contributed by atoms with Crippen molar-refractivity contribution >= 4 is 5.78 Å². The van der Waals surface area contributed by atoms with Crippen LogP contribution in [0, 0.1) is 6.92 Å². The van der Waals surface area contributed by atoms with E-state index in [-0.39, 0.29) is 11.8 Å². The van der Waals surface area contributed by atoms with E-state index in [2.05, 4.69) is 24.4 Å². The molecule has 1 rings (SSSR count). The van der Waals surface area contributed by atoms with Gasteiger partial charge in [0.15, 0.2) is 0 Å². The van der Waals surface area contributed by atoms with Gasteiger partial charge in [-0.2, -0.15) is 0 Å². The van der Waals surface area contributed by atoms with Gasteiger partial charge in [-0.1, -0.05) is 24.3 Å². The quantitative estimate of drug-likeness (QED) is 0.785. The molecule has 0 heterocycles. The first-order chi connectivity index (χ1) is 6.65. The summed E-state index contributed by atoms with van der Waals surface area (Å²) in [5.41, 5.74) is 2.48. The molecule has 1 N–H and O–H groups in total. The van der Waals surface area contributed by atoms with Crippen molar-refractivity contribution in [1.82, 2.24) is 5.32 Å². The number of carbonyl (C=O) groups excluding carboxylic acids is 1. The minimum absolute atomic E-state index is 0.0592. The third-order valence-electron chi connectivity index (χ3n) is 2.52. The zero-order chi connectivity index (χ0) is 10.6. The molecule has 0 aromatic heterocycles. The van der Waals surface area contributed by atoms with E-state index in [0.29, 0.717) is 0 Å². The summed E-state index contributed by atoms with van der Waals surface area (Å²) < 4.78 is 0. The maximum absolute atomic E-state index is 11.2. The Bertz CT molecular complexity index is 320.